The predicted molar refractivity (Wildman–Crippen MR) is 112 cm³/mol. The molecule has 0 aromatic carbocycles. The molecule has 0 aromatic heterocycles. The van der Waals surface area contributed by atoms with Crippen molar-refractivity contribution in [2.45, 2.75) is 78.9 Å². The van der Waals surface area contributed by atoms with Gasteiger partial charge in [0, 0.05) is 6.54 Å². The zero-order valence-electron chi connectivity index (χ0n) is 16.4. The standard InChI is InChI=1S/C17H36N4O2.HI/c1-8-17(9-2,21-15(22)23-16(5,6)7)12-20-14(18)19-11-10-13(3)4;/h13H,8-12H2,1-7H3,(H,21,22)(H3,18,19,20);1H. The first kappa shape index (κ1) is 25.5. The Balaban J connectivity index is 0. The Morgan fingerprint density at radius 2 is 1.75 bits per heavy atom. The molecular weight excluding hydrogens is 419 g/mol. The van der Waals surface area contributed by atoms with Crippen molar-refractivity contribution < 1.29 is 9.53 Å². The predicted octanol–water partition coefficient (Wildman–Crippen LogP) is 3.64. The molecule has 0 heterocycles. The van der Waals surface area contributed by atoms with E-state index in [1.807, 2.05) is 34.6 Å². The minimum Gasteiger partial charge on any atom is -0.444 e. The normalized spacial score (nSPS) is 12.6. The number of carbonyl (C=O) groups is 1. The van der Waals surface area contributed by atoms with Crippen LogP contribution < -0.4 is 16.4 Å². The zero-order valence-corrected chi connectivity index (χ0v) is 18.7. The van der Waals surface area contributed by atoms with Crippen LogP contribution in [0.1, 0.15) is 67.7 Å². The first-order valence-corrected chi connectivity index (χ1v) is 8.58. The third-order valence-electron chi connectivity index (χ3n) is 3.70. The third kappa shape index (κ3) is 11.8. The number of halogens is 1. The molecule has 0 fully saturated rings. The molecule has 0 saturated heterocycles. The number of guanidine groups is 1. The number of ether oxygens (including phenoxy) is 1. The fourth-order valence-corrected chi connectivity index (χ4v) is 1.99. The van der Waals surface area contributed by atoms with E-state index in [-0.39, 0.29) is 24.0 Å². The summed E-state index contributed by atoms with van der Waals surface area (Å²) in [5, 5.41) is 6.07. The van der Waals surface area contributed by atoms with Gasteiger partial charge in [-0.25, -0.2) is 4.79 Å². The topological polar surface area (TPSA) is 88.7 Å². The van der Waals surface area contributed by atoms with Crippen LogP contribution in [0.15, 0.2) is 4.99 Å². The molecule has 6 nitrogen and oxygen atoms in total. The minimum atomic E-state index is -0.516. The summed E-state index contributed by atoms with van der Waals surface area (Å²) in [7, 11) is 0. The second kappa shape index (κ2) is 11.8. The molecule has 0 rings (SSSR count). The second-order valence-electron chi connectivity index (χ2n) is 7.43. The fourth-order valence-electron chi connectivity index (χ4n) is 1.99. The van der Waals surface area contributed by atoms with Crippen LogP contribution in [0.25, 0.3) is 0 Å². The highest BCUT2D eigenvalue weighted by atomic mass is 127. The number of rotatable bonds is 8. The number of aliphatic imine (C=N–C) groups is 1. The van der Waals surface area contributed by atoms with Gasteiger partial charge >= 0.3 is 6.09 Å². The highest BCUT2D eigenvalue weighted by Gasteiger charge is 2.30. The summed E-state index contributed by atoms with van der Waals surface area (Å²) in [5.41, 5.74) is 4.95. The zero-order chi connectivity index (χ0) is 18.1. The number of nitrogens with zero attached hydrogens (tertiary/aromatic N) is 1. The van der Waals surface area contributed by atoms with E-state index in [0.717, 1.165) is 25.8 Å². The molecule has 0 aliphatic carbocycles. The van der Waals surface area contributed by atoms with Gasteiger partial charge in [-0.1, -0.05) is 27.7 Å². The maximum Gasteiger partial charge on any atom is 0.408 e. The Morgan fingerprint density at radius 1 is 1.21 bits per heavy atom. The number of nitrogens with two attached hydrogens (primary N) is 1. The maximum atomic E-state index is 12.1. The lowest BCUT2D eigenvalue weighted by Crippen LogP contribution is -2.52. The summed E-state index contributed by atoms with van der Waals surface area (Å²) >= 11 is 0. The molecule has 0 aliphatic heterocycles. The van der Waals surface area contributed by atoms with Crippen LogP contribution >= 0.6 is 24.0 Å². The van der Waals surface area contributed by atoms with Crippen LogP contribution in [0.3, 0.4) is 0 Å². The monoisotopic (exact) mass is 456 g/mol. The molecule has 4 N–H and O–H groups in total. The summed E-state index contributed by atoms with van der Waals surface area (Å²) in [5.74, 6) is 1.04. The Hall–Kier alpha value is -0.730. The molecule has 24 heavy (non-hydrogen) atoms. The van der Waals surface area contributed by atoms with Gasteiger partial charge in [-0.3, -0.25) is 4.99 Å². The lowest BCUT2D eigenvalue weighted by molar-refractivity contribution is 0.0452. The summed E-state index contributed by atoms with van der Waals surface area (Å²) in [6.07, 6.45) is 2.14. The van der Waals surface area contributed by atoms with Crippen LogP contribution in [-0.4, -0.2) is 36.3 Å². The molecule has 1 amide bonds. The van der Waals surface area contributed by atoms with Crippen molar-refractivity contribution in [1.82, 2.24) is 10.6 Å². The van der Waals surface area contributed by atoms with E-state index in [2.05, 4.69) is 29.5 Å². The summed E-state index contributed by atoms with van der Waals surface area (Å²) in [6, 6.07) is 0. The van der Waals surface area contributed by atoms with Crippen LogP contribution in [0.4, 0.5) is 4.79 Å². The molecule has 0 aliphatic rings. The van der Waals surface area contributed by atoms with Crippen LogP contribution in [0, 0.1) is 5.92 Å². The highest BCUT2D eigenvalue weighted by molar-refractivity contribution is 14.0. The van der Waals surface area contributed by atoms with Gasteiger partial charge in [0.2, 0.25) is 0 Å². The first-order chi connectivity index (χ1) is 10.5. The van der Waals surface area contributed by atoms with Gasteiger partial charge in [0.05, 0.1) is 12.1 Å². The highest BCUT2D eigenvalue weighted by Crippen LogP contribution is 2.17. The molecule has 0 spiro atoms. The van der Waals surface area contributed by atoms with E-state index >= 15 is 0 Å². The van der Waals surface area contributed by atoms with Gasteiger partial charge < -0.3 is 21.1 Å². The average molecular weight is 456 g/mol. The van der Waals surface area contributed by atoms with Crippen molar-refractivity contribution in [2.75, 3.05) is 13.1 Å². The number of carbonyl (C=O) groups excluding carboxylic acids is 1. The third-order valence-corrected chi connectivity index (χ3v) is 3.70. The lowest BCUT2D eigenvalue weighted by Gasteiger charge is -2.32. The van der Waals surface area contributed by atoms with Gasteiger partial charge in [0.25, 0.3) is 0 Å². The molecule has 0 saturated carbocycles. The minimum absolute atomic E-state index is 0. The van der Waals surface area contributed by atoms with E-state index in [9.17, 15) is 4.79 Å². The van der Waals surface area contributed by atoms with Crippen molar-refractivity contribution in [2.24, 2.45) is 16.6 Å². The smallest absolute Gasteiger partial charge is 0.408 e. The average Bonchev–Trinajstić information content (AvgIpc) is 2.41. The van der Waals surface area contributed by atoms with Crippen LogP contribution in [-0.2, 0) is 4.74 Å². The molecule has 0 bridgehead atoms. The number of hydrogen-bond donors (Lipinski definition) is 3. The van der Waals surface area contributed by atoms with Crippen LogP contribution in [0.2, 0.25) is 0 Å². The number of nitrogens with one attached hydrogen (secondary N) is 2. The number of hydrogen-bond acceptors (Lipinski definition) is 3. The fraction of sp³-hybridized carbons (Fsp3) is 0.882. The lowest BCUT2D eigenvalue weighted by atomic mass is 9.93. The van der Waals surface area contributed by atoms with E-state index in [4.69, 9.17) is 10.5 Å². The van der Waals surface area contributed by atoms with Crippen molar-refractivity contribution in [3.63, 3.8) is 0 Å². The molecule has 0 atom stereocenters. The Labute approximate surface area is 164 Å². The van der Waals surface area contributed by atoms with Crippen molar-refractivity contribution >= 4 is 36.0 Å². The number of alkyl carbamates (subject to hydrolysis) is 1. The molecular formula is C17H37IN4O2. The summed E-state index contributed by atoms with van der Waals surface area (Å²) < 4.78 is 5.35. The van der Waals surface area contributed by atoms with Gasteiger partial charge in [0.15, 0.2) is 5.96 Å². The van der Waals surface area contributed by atoms with E-state index in [0.29, 0.717) is 18.4 Å². The van der Waals surface area contributed by atoms with E-state index < -0.39 is 17.2 Å². The van der Waals surface area contributed by atoms with Gasteiger partial charge in [-0.2, -0.15) is 0 Å². The van der Waals surface area contributed by atoms with Crippen molar-refractivity contribution in [3.8, 4) is 0 Å². The Morgan fingerprint density at radius 3 is 2.17 bits per heavy atom. The van der Waals surface area contributed by atoms with Crippen molar-refractivity contribution in [1.29, 1.82) is 0 Å². The molecule has 0 aromatic rings. The molecule has 144 valence electrons. The second-order valence-corrected chi connectivity index (χ2v) is 7.43. The van der Waals surface area contributed by atoms with Crippen molar-refractivity contribution in [3.05, 3.63) is 0 Å². The van der Waals surface area contributed by atoms with Gasteiger partial charge in [-0.05, 0) is 46.0 Å². The largest absolute Gasteiger partial charge is 0.444 e. The summed E-state index contributed by atoms with van der Waals surface area (Å²) in [6.45, 7) is 15.2. The van der Waals surface area contributed by atoms with Gasteiger partial charge in [0.1, 0.15) is 5.60 Å². The Kier molecular flexibility index (Phi) is 12.5. The summed E-state index contributed by atoms with van der Waals surface area (Å²) in [4.78, 5) is 16.5. The number of amides is 1. The first-order valence-electron chi connectivity index (χ1n) is 8.58. The van der Waals surface area contributed by atoms with E-state index in [1.54, 1.807) is 0 Å². The Bertz CT molecular complexity index is 389. The molecule has 7 heteroatoms. The van der Waals surface area contributed by atoms with Gasteiger partial charge in [-0.15, -0.1) is 24.0 Å². The maximum absolute atomic E-state index is 12.1. The molecule has 0 unspecified atom stereocenters. The van der Waals surface area contributed by atoms with Crippen LogP contribution in [0.5, 0.6) is 0 Å². The SMILES string of the molecule is CCC(CC)(CN=C(N)NCCC(C)C)NC(=O)OC(C)(C)C.I. The molecule has 0 radical (unpaired) electrons. The van der Waals surface area contributed by atoms with E-state index in [1.165, 1.54) is 0 Å². The quantitative estimate of drug-likeness (QED) is 0.296.